The van der Waals surface area contributed by atoms with Crippen LogP contribution in [0.15, 0.2) is 47.6 Å². The zero-order valence-corrected chi connectivity index (χ0v) is 10.6. The van der Waals surface area contributed by atoms with Gasteiger partial charge in [0.15, 0.2) is 0 Å². The summed E-state index contributed by atoms with van der Waals surface area (Å²) in [4.78, 5) is 13.6. The van der Waals surface area contributed by atoms with Crippen molar-refractivity contribution in [1.82, 2.24) is 9.71 Å². The van der Waals surface area contributed by atoms with Gasteiger partial charge in [-0.15, -0.1) is 0 Å². The second-order valence-corrected chi connectivity index (χ2v) is 5.64. The van der Waals surface area contributed by atoms with E-state index in [2.05, 4.69) is 9.71 Å². The lowest BCUT2D eigenvalue weighted by atomic mass is 10.2. The monoisotopic (exact) mass is 280 g/mol. The molecule has 1 aromatic carbocycles. The van der Waals surface area contributed by atoms with Crippen molar-refractivity contribution < 1.29 is 18.3 Å². The van der Waals surface area contributed by atoms with Crippen LogP contribution < -0.4 is 4.72 Å². The maximum Gasteiger partial charge on any atom is 0.335 e. The average molecular weight is 280 g/mol. The lowest BCUT2D eigenvalue weighted by Crippen LogP contribution is -2.23. The molecular formula is C12H12N2O4S. The highest BCUT2D eigenvalue weighted by Gasteiger charge is 2.15. The summed E-state index contributed by atoms with van der Waals surface area (Å²) in [5.74, 6) is -1.16. The zero-order chi connectivity index (χ0) is 13.9. The Hall–Kier alpha value is -2.12. The van der Waals surface area contributed by atoms with Gasteiger partial charge < -0.3 is 10.1 Å². The molecule has 0 radical (unpaired) electrons. The number of aromatic nitrogens is 1. The molecule has 0 bridgehead atoms. The average Bonchev–Trinajstić information content (AvgIpc) is 2.90. The van der Waals surface area contributed by atoms with Crippen LogP contribution in [0, 0.1) is 0 Å². The number of hydrogen-bond acceptors (Lipinski definition) is 3. The number of benzene rings is 1. The first-order valence-corrected chi connectivity index (χ1v) is 6.92. The predicted octanol–water partition coefficient (Wildman–Crippen LogP) is 1.19. The van der Waals surface area contributed by atoms with Crippen molar-refractivity contribution in [3.05, 3.63) is 53.9 Å². The van der Waals surface area contributed by atoms with E-state index in [1.807, 2.05) is 0 Å². The van der Waals surface area contributed by atoms with Crippen molar-refractivity contribution in [2.45, 2.75) is 11.4 Å². The Morgan fingerprint density at radius 1 is 1.32 bits per heavy atom. The summed E-state index contributed by atoms with van der Waals surface area (Å²) in [6.07, 6.45) is 3.37. The Morgan fingerprint density at radius 3 is 2.74 bits per heavy atom. The van der Waals surface area contributed by atoms with Crippen LogP contribution in [-0.4, -0.2) is 24.5 Å². The first kappa shape index (κ1) is 13.3. The molecule has 0 fully saturated rings. The molecule has 0 unspecified atom stereocenters. The number of aromatic carboxylic acids is 1. The summed E-state index contributed by atoms with van der Waals surface area (Å²) >= 11 is 0. The second kappa shape index (κ2) is 5.25. The molecule has 0 aliphatic heterocycles. The quantitative estimate of drug-likeness (QED) is 0.766. The van der Waals surface area contributed by atoms with E-state index in [1.54, 1.807) is 18.5 Å². The fraction of sp³-hybridized carbons (Fsp3) is 0.0833. The normalized spacial score (nSPS) is 11.4. The van der Waals surface area contributed by atoms with Gasteiger partial charge in [0.1, 0.15) is 0 Å². The number of sulfonamides is 1. The van der Waals surface area contributed by atoms with Crippen molar-refractivity contribution in [1.29, 1.82) is 0 Å². The lowest BCUT2D eigenvalue weighted by molar-refractivity contribution is 0.0696. The third-order valence-corrected chi connectivity index (χ3v) is 3.92. The molecule has 2 aromatic rings. The second-order valence-electron chi connectivity index (χ2n) is 3.88. The molecule has 0 amide bonds. The van der Waals surface area contributed by atoms with Gasteiger partial charge in [-0.2, -0.15) is 0 Å². The lowest BCUT2D eigenvalue weighted by Gasteiger charge is -2.06. The highest BCUT2D eigenvalue weighted by atomic mass is 32.2. The van der Waals surface area contributed by atoms with Crippen molar-refractivity contribution in [2.24, 2.45) is 0 Å². The molecule has 3 N–H and O–H groups in total. The van der Waals surface area contributed by atoms with Gasteiger partial charge in [-0.05, 0) is 29.8 Å². The molecule has 100 valence electrons. The molecule has 0 spiro atoms. The number of carbonyl (C=O) groups is 1. The van der Waals surface area contributed by atoms with Crippen molar-refractivity contribution >= 4 is 16.0 Å². The van der Waals surface area contributed by atoms with E-state index in [4.69, 9.17) is 5.11 Å². The Kier molecular flexibility index (Phi) is 3.68. The van der Waals surface area contributed by atoms with Crippen molar-refractivity contribution in [3.8, 4) is 0 Å². The van der Waals surface area contributed by atoms with Crippen molar-refractivity contribution in [2.75, 3.05) is 0 Å². The van der Waals surface area contributed by atoms with Crippen LogP contribution in [0.4, 0.5) is 0 Å². The van der Waals surface area contributed by atoms with Gasteiger partial charge in [0.25, 0.3) is 0 Å². The van der Waals surface area contributed by atoms with Gasteiger partial charge in [0.2, 0.25) is 10.0 Å². The maximum absolute atomic E-state index is 12.0. The largest absolute Gasteiger partial charge is 0.478 e. The highest BCUT2D eigenvalue weighted by Crippen LogP contribution is 2.12. The molecule has 0 saturated heterocycles. The number of rotatable bonds is 5. The first-order chi connectivity index (χ1) is 8.99. The standard InChI is InChI=1S/C12H12N2O4S/c15-12(16)10-2-1-3-11(6-10)19(17,18)14-8-9-4-5-13-7-9/h1-7,13-14H,8H2,(H,15,16). The Morgan fingerprint density at radius 2 is 2.11 bits per heavy atom. The summed E-state index contributed by atoms with van der Waals surface area (Å²) in [6, 6.07) is 6.96. The van der Waals surface area contributed by atoms with Gasteiger partial charge in [-0.1, -0.05) is 6.07 Å². The zero-order valence-electron chi connectivity index (χ0n) is 9.83. The van der Waals surface area contributed by atoms with Crippen LogP contribution in [0.25, 0.3) is 0 Å². The number of hydrogen-bond donors (Lipinski definition) is 3. The molecule has 0 atom stereocenters. The molecule has 1 aromatic heterocycles. The summed E-state index contributed by atoms with van der Waals surface area (Å²) in [5.41, 5.74) is 0.725. The summed E-state index contributed by atoms with van der Waals surface area (Å²) in [6.45, 7) is 0.142. The van der Waals surface area contributed by atoms with E-state index >= 15 is 0 Å². The molecule has 1 heterocycles. The van der Waals surface area contributed by atoms with E-state index in [0.29, 0.717) is 0 Å². The van der Waals surface area contributed by atoms with E-state index < -0.39 is 16.0 Å². The van der Waals surface area contributed by atoms with E-state index in [-0.39, 0.29) is 17.0 Å². The third kappa shape index (κ3) is 3.21. The van der Waals surface area contributed by atoms with Gasteiger partial charge in [0.05, 0.1) is 10.5 Å². The van der Waals surface area contributed by atoms with Gasteiger partial charge in [-0.3, -0.25) is 0 Å². The number of carboxylic acids is 1. The first-order valence-electron chi connectivity index (χ1n) is 5.44. The predicted molar refractivity (Wildman–Crippen MR) is 68.2 cm³/mol. The smallest absolute Gasteiger partial charge is 0.335 e. The Bertz CT molecular complexity index is 678. The topological polar surface area (TPSA) is 99.3 Å². The summed E-state index contributed by atoms with van der Waals surface area (Å²) in [5, 5.41) is 8.84. The minimum atomic E-state index is -3.72. The van der Waals surface area contributed by atoms with Crippen LogP contribution >= 0.6 is 0 Å². The van der Waals surface area contributed by atoms with E-state index in [0.717, 1.165) is 11.6 Å². The Labute approximate surface area is 110 Å². The summed E-state index contributed by atoms with van der Waals surface area (Å²) in [7, 11) is -3.72. The number of H-pyrrole nitrogens is 1. The van der Waals surface area contributed by atoms with Gasteiger partial charge >= 0.3 is 5.97 Å². The molecule has 2 rings (SSSR count). The number of nitrogens with one attached hydrogen (secondary N) is 2. The molecule has 0 saturated carbocycles. The minimum absolute atomic E-state index is 0.0653. The molecule has 0 aliphatic rings. The molecule has 19 heavy (non-hydrogen) atoms. The van der Waals surface area contributed by atoms with E-state index in [1.165, 1.54) is 18.2 Å². The van der Waals surface area contributed by atoms with Crippen LogP contribution in [0.2, 0.25) is 0 Å². The van der Waals surface area contributed by atoms with Gasteiger partial charge in [0, 0.05) is 18.9 Å². The Balaban J connectivity index is 2.19. The third-order valence-electron chi connectivity index (χ3n) is 2.52. The SMILES string of the molecule is O=C(O)c1cccc(S(=O)(=O)NCc2cc[nH]c2)c1. The fourth-order valence-corrected chi connectivity index (χ4v) is 2.59. The van der Waals surface area contributed by atoms with E-state index in [9.17, 15) is 13.2 Å². The number of carboxylic acid groups (broad SMARTS) is 1. The molecule has 7 heteroatoms. The van der Waals surface area contributed by atoms with Gasteiger partial charge in [-0.25, -0.2) is 17.9 Å². The minimum Gasteiger partial charge on any atom is -0.478 e. The molecular weight excluding hydrogens is 268 g/mol. The highest BCUT2D eigenvalue weighted by molar-refractivity contribution is 7.89. The van der Waals surface area contributed by atoms with Crippen LogP contribution in [0.5, 0.6) is 0 Å². The molecule has 6 nitrogen and oxygen atoms in total. The fourth-order valence-electron chi connectivity index (χ4n) is 1.53. The molecule has 0 aliphatic carbocycles. The number of aromatic amines is 1. The van der Waals surface area contributed by atoms with Crippen LogP contribution in [-0.2, 0) is 16.6 Å². The summed E-state index contributed by atoms with van der Waals surface area (Å²) < 4.78 is 26.4. The maximum atomic E-state index is 12.0. The van der Waals surface area contributed by atoms with Crippen LogP contribution in [0.3, 0.4) is 0 Å². The van der Waals surface area contributed by atoms with Crippen molar-refractivity contribution in [3.63, 3.8) is 0 Å². The van der Waals surface area contributed by atoms with Crippen LogP contribution in [0.1, 0.15) is 15.9 Å².